The van der Waals surface area contributed by atoms with Gasteiger partial charge in [-0.25, -0.2) is 0 Å². The molecule has 0 aliphatic carbocycles. The van der Waals surface area contributed by atoms with Gasteiger partial charge in [0.15, 0.2) is 0 Å². The minimum atomic E-state index is -1.50. The van der Waals surface area contributed by atoms with Crippen LogP contribution in [-0.2, 0) is 9.53 Å². The van der Waals surface area contributed by atoms with E-state index < -0.39 is 5.91 Å². The van der Waals surface area contributed by atoms with E-state index in [-0.39, 0.29) is 12.5 Å². The first-order valence-electron chi connectivity index (χ1n) is 3.87. The van der Waals surface area contributed by atoms with Crippen LogP contribution in [0.4, 0.5) is 0 Å². The van der Waals surface area contributed by atoms with Crippen LogP contribution in [0.25, 0.3) is 0 Å². The zero-order valence-corrected chi connectivity index (χ0v) is 6.21. The number of carbonyl (C=O) groups excluding carboxylic acids is 1. The first kappa shape index (κ1) is 7.06. The molecule has 1 amide bonds. The zero-order valence-electron chi connectivity index (χ0n) is 6.21. The monoisotopic (exact) mass is 156 g/mol. The van der Waals surface area contributed by atoms with E-state index in [1.165, 1.54) is 4.90 Å². The molecule has 2 rings (SSSR count). The van der Waals surface area contributed by atoms with Gasteiger partial charge in [-0.3, -0.25) is 4.79 Å². The molecule has 11 heavy (non-hydrogen) atoms. The van der Waals surface area contributed by atoms with Crippen LogP contribution in [0.15, 0.2) is 0 Å². The van der Waals surface area contributed by atoms with Crippen molar-refractivity contribution in [3.8, 4) is 0 Å². The number of carbonyl (C=O) groups is 1. The highest BCUT2D eigenvalue weighted by molar-refractivity contribution is 5.79. The second-order valence-corrected chi connectivity index (χ2v) is 3.00. The van der Waals surface area contributed by atoms with E-state index >= 15 is 0 Å². The molecule has 0 aromatic heterocycles. The Balaban J connectivity index is 2.21. The van der Waals surface area contributed by atoms with Gasteiger partial charge in [-0.15, -0.1) is 0 Å². The third-order valence-corrected chi connectivity index (χ3v) is 2.26. The van der Waals surface area contributed by atoms with Crippen LogP contribution in [0.3, 0.4) is 0 Å². The van der Waals surface area contributed by atoms with E-state index in [1.807, 2.05) is 0 Å². The SMILES string of the molecule is O=C1COC2([O-])CCCCN12. The quantitative estimate of drug-likeness (QED) is 0.454. The highest BCUT2D eigenvalue weighted by Crippen LogP contribution is 2.28. The molecule has 0 bridgehead atoms. The van der Waals surface area contributed by atoms with Gasteiger partial charge in [-0.05, 0) is 19.3 Å². The Bertz CT molecular complexity index is 194. The summed E-state index contributed by atoms with van der Waals surface area (Å²) in [5, 5.41) is 11.6. The zero-order chi connectivity index (χ0) is 7.90. The van der Waals surface area contributed by atoms with Crippen LogP contribution in [0, 0.1) is 0 Å². The fourth-order valence-corrected chi connectivity index (χ4v) is 1.64. The molecule has 4 heteroatoms. The van der Waals surface area contributed by atoms with Gasteiger partial charge in [-0.2, -0.15) is 0 Å². The van der Waals surface area contributed by atoms with Crippen LogP contribution in [0.5, 0.6) is 0 Å². The molecule has 2 fully saturated rings. The van der Waals surface area contributed by atoms with Crippen molar-refractivity contribution in [2.45, 2.75) is 25.2 Å². The number of hydrogen-bond donors (Lipinski definition) is 0. The van der Waals surface area contributed by atoms with E-state index in [2.05, 4.69) is 0 Å². The maximum Gasteiger partial charge on any atom is 0.249 e. The van der Waals surface area contributed by atoms with Crippen molar-refractivity contribution in [2.24, 2.45) is 0 Å². The lowest BCUT2D eigenvalue weighted by molar-refractivity contribution is -0.584. The summed E-state index contributed by atoms with van der Waals surface area (Å²) < 4.78 is 4.88. The summed E-state index contributed by atoms with van der Waals surface area (Å²) in [6.45, 7) is 0.547. The summed E-state index contributed by atoms with van der Waals surface area (Å²) in [7, 11) is 0. The topological polar surface area (TPSA) is 52.6 Å². The number of piperidine rings is 1. The molecule has 1 unspecified atom stereocenters. The molecule has 0 aromatic rings. The maximum atomic E-state index is 11.6. The molecule has 2 heterocycles. The number of hydrogen-bond acceptors (Lipinski definition) is 3. The Labute approximate surface area is 64.7 Å². The normalized spacial score (nSPS) is 37.5. The van der Waals surface area contributed by atoms with Crippen LogP contribution >= 0.6 is 0 Å². The first-order valence-corrected chi connectivity index (χ1v) is 3.87. The summed E-state index contributed by atoms with van der Waals surface area (Å²) in [6.07, 6.45) is 2.24. The van der Waals surface area contributed by atoms with Crippen LogP contribution in [0.1, 0.15) is 19.3 Å². The van der Waals surface area contributed by atoms with Crippen molar-refractivity contribution in [2.75, 3.05) is 13.2 Å². The second kappa shape index (κ2) is 2.19. The van der Waals surface area contributed by atoms with Gasteiger partial charge >= 0.3 is 0 Å². The lowest BCUT2D eigenvalue weighted by atomic mass is 10.1. The summed E-state index contributed by atoms with van der Waals surface area (Å²) in [5.74, 6) is -1.66. The fourth-order valence-electron chi connectivity index (χ4n) is 1.64. The fraction of sp³-hybridized carbons (Fsp3) is 0.857. The number of nitrogens with zero attached hydrogens (tertiary/aromatic N) is 1. The average molecular weight is 156 g/mol. The maximum absolute atomic E-state index is 11.6. The number of rotatable bonds is 0. The molecule has 2 aliphatic heterocycles. The average Bonchev–Trinajstić information content (AvgIpc) is 2.29. The van der Waals surface area contributed by atoms with E-state index in [1.54, 1.807) is 0 Å². The van der Waals surface area contributed by atoms with E-state index in [4.69, 9.17) is 4.74 Å². The van der Waals surface area contributed by atoms with Gasteiger partial charge in [0.2, 0.25) is 5.91 Å². The highest BCUT2D eigenvalue weighted by atomic mass is 16.7. The minimum absolute atomic E-state index is 0.0243. The third kappa shape index (κ3) is 0.937. The summed E-state index contributed by atoms with van der Waals surface area (Å²) in [6, 6.07) is 0. The van der Waals surface area contributed by atoms with E-state index in [9.17, 15) is 9.90 Å². The van der Waals surface area contributed by atoms with Crippen molar-refractivity contribution in [3.05, 3.63) is 0 Å². The smallest absolute Gasteiger partial charge is 0.249 e. The van der Waals surface area contributed by atoms with E-state index in [0.717, 1.165) is 12.8 Å². The van der Waals surface area contributed by atoms with Gasteiger partial charge in [0.1, 0.15) is 6.61 Å². The molecule has 1 atom stereocenters. The Kier molecular flexibility index (Phi) is 1.40. The third-order valence-electron chi connectivity index (χ3n) is 2.26. The van der Waals surface area contributed by atoms with Gasteiger partial charge < -0.3 is 14.7 Å². The van der Waals surface area contributed by atoms with Gasteiger partial charge in [0, 0.05) is 6.54 Å². The molecule has 0 radical (unpaired) electrons. The lowest BCUT2D eigenvalue weighted by Crippen LogP contribution is -2.59. The highest BCUT2D eigenvalue weighted by Gasteiger charge is 2.38. The van der Waals surface area contributed by atoms with Gasteiger partial charge in [0.05, 0.1) is 5.91 Å². The molecular formula is C7H10NO3-. The summed E-state index contributed by atoms with van der Waals surface area (Å²) >= 11 is 0. The van der Waals surface area contributed by atoms with Crippen molar-refractivity contribution < 1.29 is 14.6 Å². The summed E-state index contributed by atoms with van der Waals surface area (Å²) in [4.78, 5) is 12.3. The number of fused-ring (bicyclic) bond motifs is 1. The standard InChI is InChI=1S/C7H10NO3/c9-6-5-11-7(10)3-1-2-4-8(6)7/h1-5H2/q-1. The van der Waals surface area contributed by atoms with Gasteiger partial charge in [-0.1, -0.05) is 0 Å². The molecule has 0 spiro atoms. The molecule has 0 saturated carbocycles. The predicted octanol–water partition coefficient (Wildman–Crippen LogP) is -0.957. The Morgan fingerprint density at radius 3 is 3.09 bits per heavy atom. The summed E-state index contributed by atoms with van der Waals surface area (Å²) in [5.41, 5.74) is 0. The number of amides is 1. The molecule has 2 aliphatic rings. The van der Waals surface area contributed by atoms with Crippen molar-refractivity contribution in [1.29, 1.82) is 0 Å². The van der Waals surface area contributed by atoms with Gasteiger partial charge in [0.25, 0.3) is 0 Å². The van der Waals surface area contributed by atoms with E-state index in [0.29, 0.717) is 13.0 Å². The van der Waals surface area contributed by atoms with Crippen LogP contribution in [-0.4, -0.2) is 29.9 Å². The lowest BCUT2D eigenvalue weighted by Gasteiger charge is -2.46. The van der Waals surface area contributed by atoms with Crippen molar-refractivity contribution in [3.63, 3.8) is 0 Å². The van der Waals surface area contributed by atoms with Crippen molar-refractivity contribution >= 4 is 5.91 Å². The largest absolute Gasteiger partial charge is 0.812 e. The Morgan fingerprint density at radius 2 is 2.36 bits per heavy atom. The Morgan fingerprint density at radius 1 is 1.55 bits per heavy atom. The molecule has 2 saturated heterocycles. The molecule has 0 N–H and O–H groups in total. The second-order valence-electron chi connectivity index (χ2n) is 3.00. The molecular weight excluding hydrogens is 146 g/mol. The predicted molar refractivity (Wildman–Crippen MR) is 34.2 cm³/mol. The van der Waals surface area contributed by atoms with Crippen LogP contribution in [0.2, 0.25) is 0 Å². The number of ether oxygens (including phenoxy) is 1. The van der Waals surface area contributed by atoms with Crippen LogP contribution < -0.4 is 5.11 Å². The Hall–Kier alpha value is -0.610. The molecule has 0 aromatic carbocycles. The molecule has 4 nitrogen and oxygen atoms in total. The molecule has 62 valence electrons. The first-order chi connectivity index (χ1) is 5.22. The van der Waals surface area contributed by atoms with Crippen molar-refractivity contribution in [1.82, 2.24) is 4.90 Å². The minimum Gasteiger partial charge on any atom is -0.812 e.